The number of methoxy groups -OCH3 is 1. The van der Waals surface area contributed by atoms with E-state index in [4.69, 9.17) is 9.47 Å². The first kappa shape index (κ1) is 14.7. The molecule has 6 heteroatoms. The summed E-state index contributed by atoms with van der Waals surface area (Å²) < 4.78 is 17.2. The Balaban J connectivity index is 2.21. The Morgan fingerprint density at radius 1 is 1.24 bits per heavy atom. The van der Waals surface area contributed by atoms with E-state index in [-0.39, 0.29) is 12.2 Å². The third-order valence-electron chi connectivity index (χ3n) is 3.90. The highest BCUT2D eigenvalue weighted by molar-refractivity contribution is 9.10. The van der Waals surface area contributed by atoms with Gasteiger partial charge in [-0.3, -0.25) is 0 Å². The first-order valence-electron chi connectivity index (χ1n) is 6.90. The van der Waals surface area contributed by atoms with Gasteiger partial charge < -0.3 is 19.3 Å². The van der Waals surface area contributed by atoms with Gasteiger partial charge in [0.1, 0.15) is 23.7 Å². The van der Waals surface area contributed by atoms with Crippen LogP contribution in [0.4, 0.5) is 0 Å². The number of benzene rings is 1. The van der Waals surface area contributed by atoms with Crippen LogP contribution >= 0.6 is 15.9 Å². The fourth-order valence-electron chi connectivity index (χ4n) is 3.01. The predicted octanol–water partition coefficient (Wildman–Crippen LogP) is 2.30. The fraction of sp³-hybridized carbons (Fsp3) is 0.533. The van der Waals surface area contributed by atoms with Crippen molar-refractivity contribution in [1.29, 1.82) is 0 Å². The van der Waals surface area contributed by atoms with Gasteiger partial charge >= 0.3 is 5.97 Å². The van der Waals surface area contributed by atoms with Crippen LogP contribution in [0.3, 0.4) is 0 Å². The summed E-state index contributed by atoms with van der Waals surface area (Å²) >= 11 is 3.57. The molecule has 3 rings (SSSR count). The number of hydrogen-bond donors (Lipinski definition) is 1. The minimum Gasteiger partial charge on any atom is -0.490 e. The van der Waals surface area contributed by atoms with Crippen LogP contribution < -0.4 is 9.47 Å². The number of carbonyl (C=O) groups excluding carboxylic acids is 1. The molecule has 1 N–H and O–H groups in total. The fourth-order valence-corrected chi connectivity index (χ4v) is 3.69. The number of esters is 1. The van der Waals surface area contributed by atoms with Gasteiger partial charge in [0, 0.05) is 29.5 Å². The molecule has 0 amide bonds. The van der Waals surface area contributed by atoms with Crippen molar-refractivity contribution < 1.29 is 24.1 Å². The molecule has 114 valence electrons. The standard InChI is InChI=1S/C15H17BrO5/c1-6-4-8-10(12(17)15(18)19-3)13-9(5-7(2)20-13)11(16)14(8)21-6/h6-7,12,17H,4-5H2,1-3H3. The number of fused-ring (bicyclic) bond motifs is 2. The lowest BCUT2D eigenvalue weighted by Crippen LogP contribution is -2.17. The van der Waals surface area contributed by atoms with Gasteiger partial charge in [-0.25, -0.2) is 4.79 Å². The van der Waals surface area contributed by atoms with Crippen LogP contribution in [-0.2, 0) is 22.4 Å². The van der Waals surface area contributed by atoms with E-state index in [2.05, 4.69) is 20.7 Å². The Labute approximate surface area is 131 Å². The SMILES string of the molecule is COC(=O)C(O)c1c2c(c(Br)c3c1OC(C)C3)OC(C)C2. The second-order valence-electron chi connectivity index (χ2n) is 5.53. The lowest BCUT2D eigenvalue weighted by molar-refractivity contribution is -0.150. The Morgan fingerprint density at radius 2 is 1.81 bits per heavy atom. The quantitative estimate of drug-likeness (QED) is 0.823. The van der Waals surface area contributed by atoms with Crippen molar-refractivity contribution >= 4 is 21.9 Å². The first-order valence-corrected chi connectivity index (χ1v) is 7.69. The van der Waals surface area contributed by atoms with Gasteiger partial charge in [0.2, 0.25) is 0 Å². The van der Waals surface area contributed by atoms with Crippen molar-refractivity contribution in [1.82, 2.24) is 0 Å². The number of aliphatic hydroxyl groups is 1. The van der Waals surface area contributed by atoms with Gasteiger partial charge in [0.15, 0.2) is 6.10 Å². The highest BCUT2D eigenvalue weighted by atomic mass is 79.9. The van der Waals surface area contributed by atoms with Gasteiger partial charge in [-0.05, 0) is 29.8 Å². The minimum atomic E-state index is -1.36. The van der Waals surface area contributed by atoms with Crippen molar-refractivity contribution in [3.8, 4) is 11.5 Å². The Bertz CT molecular complexity index is 574. The lowest BCUT2D eigenvalue weighted by Gasteiger charge is -2.18. The van der Waals surface area contributed by atoms with Crippen molar-refractivity contribution in [3.63, 3.8) is 0 Å². The normalized spacial score (nSPS) is 23.9. The average Bonchev–Trinajstić information content (AvgIpc) is 3.01. The topological polar surface area (TPSA) is 65.0 Å². The molecule has 21 heavy (non-hydrogen) atoms. The summed E-state index contributed by atoms with van der Waals surface area (Å²) in [7, 11) is 1.26. The molecule has 0 fully saturated rings. The van der Waals surface area contributed by atoms with Gasteiger partial charge in [0.25, 0.3) is 0 Å². The van der Waals surface area contributed by atoms with Gasteiger partial charge in [-0.1, -0.05) is 0 Å². The third-order valence-corrected chi connectivity index (χ3v) is 4.74. The molecule has 0 bridgehead atoms. The summed E-state index contributed by atoms with van der Waals surface area (Å²) in [5, 5.41) is 10.4. The summed E-state index contributed by atoms with van der Waals surface area (Å²) in [5.41, 5.74) is 2.25. The zero-order valence-corrected chi connectivity index (χ0v) is 13.7. The molecule has 0 aromatic heterocycles. The molecule has 0 saturated carbocycles. The molecule has 3 unspecified atom stereocenters. The molecular weight excluding hydrogens is 340 g/mol. The molecule has 0 spiro atoms. The Hall–Kier alpha value is -1.27. The highest BCUT2D eigenvalue weighted by Crippen LogP contribution is 2.51. The summed E-state index contributed by atoms with van der Waals surface area (Å²) in [6.07, 6.45) is -0.0195. The number of carbonyl (C=O) groups is 1. The average molecular weight is 357 g/mol. The molecule has 2 aliphatic rings. The molecule has 5 nitrogen and oxygen atoms in total. The maximum absolute atomic E-state index is 11.8. The van der Waals surface area contributed by atoms with Crippen molar-refractivity contribution in [3.05, 3.63) is 21.2 Å². The van der Waals surface area contributed by atoms with Gasteiger partial charge in [-0.15, -0.1) is 0 Å². The number of aliphatic hydroxyl groups excluding tert-OH is 1. The van der Waals surface area contributed by atoms with E-state index in [1.807, 2.05) is 13.8 Å². The molecule has 1 aromatic rings. The van der Waals surface area contributed by atoms with Crippen molar-refractivity contribution in [2.24, 2.45) is 0 Å². The van der Waals surface area contributed by atoms with Gasteiger partial charge in [0.05, 0.1) is 11.6 Å². The predicted molar refractivity (Wildman–Crippen MR) is 78.7 cm³/mol. The van der Waals surface area contributed by atoms with Crippen molar-refractivity contribution in [2.45, 2.75) is 45.0 Å². The molecule has 0 aliphatic carbocycles. The van der Waals surface area contributed by atoms with E-state index >= 15 is 0 Å². The largest absolute Gasteiger partial charge is 0.490 e. The number of halogens is 1. The third kappa shape index (κ3) is 2.21. The van der Waals surface area contributed by atoms with Crippen molar-refractivity contribution in [2.75, 3.05) is 7.11 Å². The molecule has 1 aromatic carbocycles. The summed E-state index contributed by atoms with van der Waals surface area (Å²) in [6, 6.07) is 0. The van der Waals surface area contributed by atoms with Crippen LogP contribution in [0.2, 0.25) is 0 Å². The zero-order chi connectivity index (χ0) is 15.3. The van der Waals surface area contributed by atoms with E-state index < -0.39 is 12.1 Å². The smallest absolute Gasteiger partial charge is 0.339 e. The highest BCUT2D eigenvalue weighted by Gasteiger charge is 2.39. The van der Waals surface area contributed by atoms with Crippen LogP contribution in [-0.4, -0.2) is 30.4 Å². The van der Waals surface area contributed by atoms with Crippen LogP contribution in [0.5, 0.6) is 11.5 Å². The van der Waals surface area contributed by atoms with Crippen LogP contribution in [0.25, 0.3) is 0 Å². The minimum absolute atomic E-state index is 0.000142. The van der Waals surface area contributed by atoms with Gasteiger partial charge in [-0.2, -0.15) is 0 Å². The molecule has 0 saturated heterocycles. The Morgan fingerprint density at radius 3 is 2.43 bits per heavy atom. The molecule has 3 atom stereocenters. The summed E-state index contributed by atoms with van der Waals surface area (Å²) in [5.74, 6) is 0.602. The summed E-state index contributed by atoms with van der Waals surface area (Å²) in [6.45, 7) is 3.91. The van der Waals surface area contributed by atoms with Crippen LogP contribution in [0, 0.1) is 0 Å². The monoisotopic (exact) mass is 356 g/mol. The van der Waals surface area contributed by atoms with Crippen LogP contribution in [0.1, 0.15) is 36.6 Å². The van der Waals surface area contributed by atoms with E-state index in [1.54, 1.807) is 0 Å². The second-order valence-corrected chi connectivity index (χ2v) is 6.33. The molecule has 2 aliphatic heterocycles. The van der Waals surface area contributed by atoms with E-state index in [9.17, 15) is 9.90 Å². The molecular formula is C15H17BrO5. The molecule has 2 heterocycles. The second kappa shape index (κ2) is 5.18. The Kier molecular flexibility index (Phi) is 3.61. The lowest BCUT2D eigenvalue weighted by atomic mass is 9.94. The maximum atomic E-state index is 11.8. The van der Waals surface area contributed by atoms with E-state index in [0.717, 1.165) is 15.6 Å². The maximum Gasteiger partial charge on any atom is 0.339 e. The van der Waals surface area contributed by atoms with E-state index in [0.29, 0.717) is 29.9 Å². The van der Waals surface area contributed by atoms with E-state index in [1.165, 1.54) is 7.11 Å². The summed E-state index contributed by atoms with van der Waals surface area (Å²) in [4.78, 5) is 11.8. The zero-order valence-electron chi connectivity index (χ0n) is 12.1. The first-order chi connectivity index (χ1) is 9.93. The number of hydrogen-bond acceptors (Lipinski definition) is 5. The number of ether oxygens (including phenoxy) is 3. The molecule has 0 radical (unpaired) electrons. The number of rotatable bonds is 2. The van der Waals surface area contributed by atoms with Crippen LogP contribution in [0.15, 0.2) is 4.47 Å².